The van der Waals surface area contributed by atoms with Gasteiger partial charge >= 0.3 is 0 Å². The van der Waals surface area contributed by atoms with Gasteiger partial charge in [0.25, 0.3) is 0 Å². The maximum Gasteiger partial charge on any atom is 0.248 e. The predicted molar refractivity (Wildman–Crippen MR) is 110 cm³/mol. The van der Waals surface area contributed by atoms with Gasteiger partial charge in [0.2, 0.25) is 11.8 Å². The first kappa shape index (κ1) is 20.4. The highest BCUT2D eigenvalue weighted by molar-refractivity contribution is 7.99. The number of anilines is 1. The second-order valence-electron chi connectivity index (χ2n) is 6.23. The van der Waals surface area contributed by atoms with E-state index in [-0.39, 0.29) is 17.6 Å². The van der Waals surface area contributed by atoms with Crippen molar-refractivity contribution in [3.8, 4) is 11.8 Å². The summed E-state index contributed by atoms with van der Waals surface area (Å²) >= 11 is 1.48. The van der Waals surface area contributed by atoms with Gasteiger partial charge in [-0.15, -0.1) is 11.8 Å². The molecule has 8 heteroatoms. The highest BCUT2D eigenvalue weighted by Gasteiger charge is 2.33. The standard InChI is InChI=1S/C21H18FN3O3S/c1-28-19-8-4-14(10-17(19)22)5-9-20(26)25-13-29-12-18(25)21(27)24-16-6-2-15(11-23)3-7-16/h2-10,18H,12-13H2,1H3,(H,24,27)/b9-5+. The molecule has 0 spiro atoms. The minimum atomic E-state index is -0.611. The fourth-order valence-corrected chi connectivity index (χ4v) is 3.94. The number of benzene rings is 2. The van der Waals surface area contributed by atoms with E-state index in [0.29, 0.717) is 28.4 Å². The Hall–Kier alpha value is -3.31. The van der Waals surface area contributed by atoms with Crippen LogP contribution in [0.15, 0.2) is 48.5 Å². The molecule has 0 aromatic heterocycles. The van der Waals surface area contributed by atoms with Crippen molar-refractivity contribution in [1.29, 1.82) is 5.26 Å². The van der Waals surface area contributed by atoms with Crippen molar-refractivity contribution in [2.75, 3.05) is 24.1 Å². The van der Waals surface area contributed by atoms with Crippen molar-refractivity contribution in [2.24, 2.45) is 0 Å². The number of halogens is 1. The third-order valence-corrected chi connectivity index (χ3v) is 5.36. The average Bonchev–Trinajstić information content (AvgIpc) is 3.23. The summed E-state index contributed by atoms with van der Waals surface area (Å²) in [7, 11) is 1.38. The Bertz CT molecular complexity index is 986. The van der Waals surface area contributed by atoms with Crippen molar-refractivity contribution >= 4 is 35.3 Å². The molecule has 1 heterocycles. The molecule has 1 aliphatic rings. The number of rotatable bonds is 5. The van der Waals surface area contributed by atoms with Gasteiger partial charge in [0.15, 0.2) is 11.6 Å². The lowest BCUT2D eigenvalue weighted by atomic mass is 10.2. The molecule has 1 fully saturated rings. The summed E-state index contributed by atoms with van der Waals surface area (Å²) in [4.78, 5) is 26.6. The van der Waals surface area contributed by atoms with Crippen LogP contribution < -0.4 is 10.1 Å². The largest absolute Gasteiger partial charge is 0.494 e. The van der Waals surface area contributed by atoms with Crippen LogP contribution in [0.1, 0.15) is 11.1 Å². The number of hydrogen-bond donors (Lipinski definition) is 1. The number of ether oxygens (including phenoxy) is 1. The van der Waals surface area contributed by atoms with Gasteiger partial charge in [0, 0.05) is 17.5 Å². The lowest BCUT2D eigenvalue weighted by molar-refractivity contribution is -0.132. The molecular weight excluding hydrogens is 393 g/mol. The Morgan fingerprint density at radius 1 is 1.31 bits per heavy atom. The van der Waals surface area contributed by atoms with E-state index in [0.717, 1.165) is 0 Å². The van der Waals surface area contributed by atoms with Gasteiger partial charge in [-0.1, -0.05) is 6.07 Å². The van der Waals surface area contributed by atoms with E-state index in [4.69, 9.17) is 10.00 Å². The number of carbonyl (C=O) groups excluding carboxylic acids is 2. The van der Waals surface area contributed by atoms with Crippen molar-refractivity contribution < 1.29 is 18.7 Å². The number of carbonyl (C=O) groups is 2. The van der Waals surface area contributed by atoms with Gasteiger partial charge in [0.1, 0.15) is 6.04 Å². The molecule has 1 saturated heterocycles. The number of nitrogens with one attached hydrogen (secondary N) is 1. The number of methoxy groups -OCH3 is 1. The van der Waals surface area contributed by atoms with Crippen molar-refractivity contribution in [3.05, 3.63) is 65.5 Å². The minimum absolute atomic E-state index is 0.129. The van der Waals surface area contributed by atoms with Gasteiger partial charge in [-0.3, -0.25) is 9.59 Å². The number of thioether (sulfide) groups is 1. The highest BCUT2D eigenvalue weighted by Crippen LogP contribution is 2.23. The second-order valence-corrected chi connectivity index (χ2v) is 7.23. The summed E-state index contributed by atoms with van der Waals surface area (Å²) in [5.41, 5.74) is 1.57. The first-order valence-electron chi connectivity index (χ1n) is 8.73. The molecule has 0 bridgehead atoms. The molecule has 2 aromatic carbocycles. The van der Waals surface area contributed by atoms with E-state index in [1.807, 2.05) is 6.07 Å². The van der Waals surface area contributed by atoms with Gasteiger partial charge in [0.05, 0.1) is 24.6 Å². The number of nitriles is 1. The van der Waals surface area contributed by atoms with Gasteiger partial charge < -0.3 is 15.0 Å². The van der Waals surface area contributed by atoms with Crippen molar-refractivity contribution in [3.63, 3.8) is 0 Å². The molecule has 0 radical (unpaired) electrons. The summed E-state index contributed by atoms with van der Waals surface area (Å²) in [5, 5.41) is 11.6. The normalized spacial score (nSPS) is 15.9. The van der Waals surface area contributed by atoms with Crippen LogP contribution in [0.5, 0.6) is 5.75 Å². The molecule has 1 aliphatic heterocycles. The first-order chi connectivity index (χ1) is 14.0. The van der Waals surface area contributed by atoms with E-state index < -0.39 is 11.9 Å². The average molecular weight is 411 g/mol. The summed E-state index contributed by atoms with van der Waals surface area (Å²) in [6.07, 6.45) is 2.83. The molecule has 3 rings (SSSR count). The van der Waals surface area contributed by atoms with E-state index in [1.165, 1.54) is 48.1 Å². The SMILES string of the molecule is COc1ccc(/C=C/C(=O)N2CSCC2C(=O)Nc2ccc(C#N)cc2)cc1F. The van der Waals surface area contributed by atoms with Crippen LogP contribution >= 0.6 is 11.8 Å². The van der Waals surface area contributed by atoms with E-state index >= 15 is 0 Å². The third kappa shape index (κ3) is 4.95. The van der Waals surface area contributed by atoms with Crippen LogP contribution in [0.4, 0.5) is 10.1 Å². The maximum absolute atomic E-state index is 13.8. The Labute approximate surface area is 172 Å². The Morgan fingerprint density at radius 3 is 2.72 bits per heavy atom. The molecule has 0 aliphatic carbocycles. The number of amides is 2. The van der Waals surface area contributed by atoms with E-state index in [9.17, 15) is 14.0 Å². The molecule has 1 N–H and O–H groups in total. The molecule has 29 heavy (non-hydrogen) atoms. The Kier molecular flexibility index (Phi) is 6.52. The minimum Gasteiger partial charge on any atom is -0.494 e. The van der Waals surface area contributed by atoms with Crippen LogP contribution in [-0.2, 0) is 9.59 Å². The zero-order valence-corrected chi connectivity index (χ0v) is 16.4. The van der Waals surface area contributed by atoms with Crippen molar-refractivity contribution in [2.45, 2.75) is 6.04 Å². The molecule has 2 aromatic rings. The summed E-state index contributed by atoms with van der Waals surface area (Å²) in [5.74, 6) is -0.129. The molecular formula is C21H18FN3O3S. The van der Waals surface area contributed by atoms with Crippen LogP contribution in [0.25, 0.3) is 6.08 Å². The Morgan fingerprint density at radius 2 is 2.07 bits per heavy atom. The summed E-state index contributed by atoms with van der Waals surface area (Å²) in [6.45, 7) is 0. The fraction of sp³-hybridized carbons (Fsp3) is 0.190. The molecule has 6 nitrogen and oxygen atoms in total. The maximum atomic E-state index is 13.8. The smallest absolute Gasteiger partial charge is 0.248 e. The summed E-state index contributed by atoms with van der Waals surface area (Å²) in [6, 6.07) is 12.3. The number of nitrogens with zero attached hydrogens (tertiary/aromatic N) is 2. The second kappa shape index (κ2) is 9.26. The number of hydrogen-bond acceptors (Lipinski definition) is 5. The zero-order valence-electron chi connectivity index (χ0n) is 15.6. The molecule has 0 saturated carbocycles. The molecule has 1 unspecified atom stereocenters. The fourth-order valence-electron chi connectivity index (χ4n) is 2.78. The molecule has 1 atom stereocenters. The lowest BCUT2D eigenvalue weighted by Crippen LogP contribution is -2.43. The van der Waals surface area contributed by atoms with Gasteiger partial charge in [-0.25, -0.2) is 4.39 Å². The van der Waals surface area contributed by atoms with Crippen LogP contribution in [0.3, 0.4) is 0 Å². The van der Waals surface area contributed by atoms with E-state index in [2.05, 4.69) is 5.32 Å². The van der Waals surface area contributed by atoms with Gasteiger partial charge in [-0.05, 0) is 48.0 Å². The molecule has 2 amide bonds. The van der Waals surface area contributed by atoms with Crippen LogP contribution in [0, 0.1) is 17.1 Å². The third-order valence-electron chi connectivity index (χ3n) is 4.34. The predicted octanol–water partition coefficient (Wildman–Crippen LogP) is 3.26. The Balaban J connectivity index is 1.65. The monoisotopic (exact) mass is 411 g/mol. The van der Waals surface area contributed by atoms with Crippen LogP contribution in [-0.4, -0.2) is 41.5 Å². The highest BCUT2D eigenvalue weighted by atomic mass is 32.2. The van der Waals surface area contributed by atoms with E-state index in [1.54, 1.807) is 30.3 Å². The summed E-state index contributed by atoms with van der Waals surface area (Å²) < 4.78 is 18.6. The first-order valence-corrected chi connectivity index (χ1v) is 9.88. The quantitative estimate of drug-likeness (QED) is 0.764. The van der Waals surface area contributed by atoms with Crippen LogP contribution in [0.2, 0.25) is 0 Å². The molecule has 148 valence electrons. The lowest BCUT2D eigenvalue weighted by Gasteiger charge is -2.21. The topological polar surface area (TPSA) is 82.4 Å². The van der Waals surface area contributed by atoms with Crippen molar-refractivity contribution in [1.82, 2.24) is 4.90 Å². The zero-order chi connectivity index (χ0) is 20.8. The van der Waals surface area contributed by atoms with Gasteiger partial charge in [-0.2, -0.15) is 5.26 Å².